The number of phenolic OH excluding ortho intramolecular Hbond substituents is 1. The number of phenols is 1. The molecule has 7 heteroatoms. The summed E-state index contributed by atoms with van der Waals surface area (Å²) >= 11 is 10.9. The third-order valence-corrected chi connectivity index (χ3v) is 6.12. The van der Waals surface area contributed by atoms with Crippen LogP contribution < -0.4 is 10.2 Å². The van der Waals surface area contributed by atoms with Gasteiger partial charge in [0.1, 0.15) is 5.75 Å². The van der Waals surface area contributed by atoms with Crippen LogP contribution >= 0.6 is 39.5 Å². The van der Waals surface area contributed by atoms with Gasteiger partial charge in [-0.1, -0.05) is 6.07 Å². The number of rotatable bonds is 3. The number of anilines is 1. The van der Waals surface area contributed by atoms with Crippen molar-refractivity contribution < 1.29 is 5.11 Å². The lowest BCUT2D eigenvalue weighted by atomic mass is 10.0. The van der Waals surface area contributed by atoms with Crippen molar-refractivity contribution in [1.82, 2.24) is 10.3 Å². The minimum atomic E-state index is -0.0481. The fraction of sp³-hybridized carbons (Fsp3) is 0.111. The Morgan fingerprint density at radius 2 is 1.92 bits per heavy atom. The maximum absolute atomic E-state index is 9.60. The summed E-state index contributed by atoms with van der Waals surface area (Å²) in [6, 6.07) is 17.1. The number of nitrogens with zero attached hydrogens (tertiary/aromatic N) is 2. The van der Waals surface area contributed by atoms with E-state index in [-0.39, 0.29) is 17.8 Å². The van der Waals surface area contributed by atoms with Crippen LogP contribution in [-0.4, -0.2) is 15.2 Å². The molecule has 1 fully saturated rings. The van der Waals surface area contributed by atoms with Crippen molar-refractivity contribution >= 4 is 50.3 Å². The van der Waals surface area contributed by atoms with Crippen LogP contribution in [0.1, 0.15) is 22.7 Å². The Morgan fingerprint density at radius 3 is 2.56 bits per heavy atom. The fourth-order valence-electron chi connectivity index (χ4n) is 3.02. The van der Waals surface area contributed by atoms with Gasteiger partial charge in [-0.2, -0.15) is 0 Å². The van der Waals surface area contributed by atoms with Gasteiger partial charge in [0.15, 0.2) is 5.11 Å². The van der Waals surface area contributed by atoms with Gasteiger partial charge in [-0.05, 0) is 76.7 Å². The predicted molar refractivity (Wildman–Crippen MR) is 108 cm³/mol. The third-order valence-electron chi connectivity index (χ3n) is 4.11. The zero-order valence-electron chi connectivity index (χ0n) is 13.0. The standard InChI is InChI=1S/C18H14BrN3OS2/c19-15-9-8-14(25-15)17-16(13-3-1-2-10-20-13)21-18(24)22(17)11-4-6-12(23)7-5-11/h1-10,16-17,23H,(H,21,24)/t16-,17-/m0/s1. The highest BCUT2D eigenvalue weighted by molar-refractivity contribution is 9.11. The molecule has 0 saturated carbocycles. The predicted octanol–water partition coefficient (Wildman–Crippen LogP) is 4.79. The van der Waals surface area contributed by atoms with E-state index in [9.17, 15) is 5.11 Å². The molecule has 1 aromatic carbocycles. The van der Waals surface area contributed by atoms with Crippen molar-refractivity contribution in [3.8, 4) is 5.75 Å². The summed E-state index contributed by atoms with van der Waals surface area (Å²) in [6.45, 7) is 0. The molecule has 0 amide bonds. The van der Waals surface area contributed by atoms with Crippen molar-refractivity contribution in [2.45, 2.75) is 12.1 Å². The second-order valence-corrected chi connectivity index (χ2v) is 8.54. The van der Waals surface area contributed by atoms with E-state index in [0.717, 1.165) is 15.2 Å². The minimum absolute atomic E-state index is 0.0109. The van der Waals surface area contributed by atoms with Gasteiger partial charge in [-0.3, -0.25) is 4.98 Å². The molecule has 4 nitrogen and oxygen atoms in total. The Labute approximate surface area is 163 Å². The summed E-state index contributed by atoms with van der Waals surface area (Å²) < 4.78 is 1.07. The summed E-state index contributed by atoms with van der Waals surface area (Å²) in [7, 11) is 0. The molecular formula is C18H14BrN3OS2. The van der Waals surface area contributed by atoms with Gasteiger partial charge in [0, 0.05) is 16.8 Å². The van der Waals surface area contributed by atoms with Crippen LogP contribution in [0, 0.1) is 0 Å². The number of thiocarbonyl (C=S) groups is 1. The first-order chi connectivity index (χ1) is 12.1. The maximum atomic E-state index is 9.60. The van der Waals surface area contributed by atoms with Crippen molar-refractivity contribution in [3.05, 3.63) is 75.2 Å². The number of thiophene rings is 1. The van der Waals surface area contributed by atoms with E-state index in [1.54, 1.807) is 29.7 Å². The quantitative estimate of drug-likeness (QED) is 0.583. The highest BCUT2D eigenvalue weighted by Gasteiger charge is 2.41. The van der Waals surface area contributed by atoms with Gasteiger partial charge in [0.05, 0.1) is 21.6 Å². The Kier molecular flexibility index (Phi) is 4.45. The van der Waals surface area contributed by atoms with Crippen LogP contribution in [0.3, 0.4) is 0 Å². The topological polar surface area (TPSA) is 48.4 Å². The average Bonchev–Trinajstić information content (AvgIpc) is 3.20. The molecular weight excluding hydrogens is 418 g/mol. The largest absolute Gasteiger partial charge is 0.508 e. The minimum Gasteiger partial charge on any atom is -0.508 e. The first-order valence-corrected chi connectivity index (χ1v) is 9.70. The lowest BCUT2D eigenvalue weighted by molar-refractivity contribution is 0.475. The summed E-state index contributed by atoms with van der Waals surface area (Å²) in [4.78, 5) is 7.80. The van der Waals surface area contributed by atoms with Gasteiger partial charge < -0.3 is 15.3 Å². The number of halogens is 1. The molecule has 0 aliphatic carbocycles. The van der Waals surface area contributed by atoms with E-state index in [1.165, 1.54) is 4.88 Å². The van der Waals surface area contributed by atoms with Gasteiger partial charge in [0.25, 0.3) is 0 Å². The SMILES string of the molecule is Oc1ccc(N2C(=S)N[C@@H](c3ccccn3)[C@@H]2c2ccc(Br)s2)cc1. The maximum Gasteiger partial charge on any atom is 0.174 e. The highest BCUT2D eigenvalue weighted by Crippen LogP contribution is 2.44. The zero-order chi connectivity index (χ0) is 17.4. The molecule has 0 radical (unpaired) electrons. The molecule has 126 valence electrons. The molecule has 0 bridgehead atoms. The van der Waals surface area contributed by atoms with E-state index in [1.807, 2.05) is 36.4 Å². The molecule has 1 saturated heterocycles. The van der Waals surface area contributed by atoms with Gasteiger partial charge in [-0.15, -0.1) is 11.3 Å². The molecule has 2 aromatic heterocycles. The molecule has 0 unspecified atom stereocenters. The fourth-order valence-corrected chi connectivity index (χ4v) is 4.92. The first-order valence-electron chi connectivity index (χ1n) is 7.68. The molecule has 4 rings (SSSR count). The summed E-state index contributed by atoms with van der Waals surface area (Å²) in [5, 5.41) is 13.7. The van der Waals surface area contributed by atoms with Crippen LogP contribution in [0.5, 0.6) is 5.75 Å². The number of aromatic hydroxyl groups is 1. The van der Waals surface area contributed by atoms with Crippen LogP contribution in [-0.2, 0) is 0 Å². The smallest absolute Gasteiger partial charge is 0.174 e. The van der Waals surface area contributed by atoms with Crippen molar-refractivity contribution in [2.75, 3.05) is 4.90 Å². The molecule has 3 heterocycles. The van der Waals surface area contributed by atoms with Crippen molar-refractivity contribution in [2.24, 2.45) is 0 Å². The number of benzene rings is 1. The van der Waals surface area contributed by atoms with E-state index in [0.29, 0.717) is 5.11 Å². The molecule has 1 aliphatic heterocycles. The van der Waals surface area contributed by atoms with E-state index < -0.39 is 0 Å². The Bertz CT molecular complexity index is 898. The van der Waals surface area contributed by atoms with Gasteiger partial charge in [0.2, 0.25) is 0 Å². The lowest BCUT2D eigenvalue weighted by Gasteiger charge is -2.26. The number of hydrogen-bond donors (Lipinski definition) is 2. The molecule has 2 atom stereocenters. The van der Waals surface area contributed by atoms with Gasteiger partial charge in [-0.25, -0.2) is 0 Å². The van der Waals surface area contributed by atoms with E-state index in [4.69, 9.17) is 12.2 Å². The monoisotopic (exact) mass is 431 g/mol. The molecule has 2 N–H and O–H groups in total. The second-order valence-electron chi connectivity index (χ2n) is 5.65. The summed E-state index contributed by atoms with van der Waals surface area (Å²) in [5.74, 6) is 0.235. The molecule has 1 aliphatic rings. The Morgan fingerprint density at radius 1 is 1.12 bits per heavy atom. The van der Waals surface area contributed by atoms with Crippen LogP contribution in [0.2, 0.25) is 0 Å². The molecule has 3 aromatic rings. The van der Waals surface area contributed by atoms with E-state index in [2.05, 4.69) is 37.2 Å². The second kappa shape index (κ2) is 6.74. The van der Waals surface area contributed by atoms with Crippen LogP contribution in [0.15, 0.2) is 64.6 Å². The molecule has 25 heavy (non-hydrogen) atoms. The number of aromatic nitrogens is 1. The number of nitrogens with one attached hydrogen (secondary N) is 1. The normalized spacial score (nSPS) is 19.9. The van der Waals surface area contributed by atoms with Crippen LogP contribution in [0.25, 0.3) is 0 Å². The summed E-state index contributed by atoms with van der Waals surface area (Å²) in [6.07, 6.45) is 1.80. The summed E-state index contributed by atoms with van der Waals surface area (Å²) in [5.41, 5.74) is 1.88. The number of hydrogen-bond acceptors (Lipinski definition) is 4. The Balaban J connectivity index is 1.81. The highest BCUT2D eigenvalue weighted by atomic mass is 79.9. The van der Waals surface area contributed by atoms with Gasteiger partial charge >= 0.3 is 0 Å². The van der Waals surface area contributed by atoms with Crippen molar-refractivity contribution in [3.63, 3.8) is 0 Å². The lowest BCUT2D eigenvalue weighted by Crippen LogP contribution is -2.28. The van der Waals surface area contributed by atoms with Crippen LogP contribution in [0.4, 0.5) is 5.69 Å². The van der Waals surface area contributed by atoms with E-state index >= 15 is 0 Å². The molecule has 0 spiro atoms. The Hall–Kier alpha value is -1.96. The zero-order valence-corrected chi connectivity index (χ0v) is 16.2. The van der Waals surface area contributed by atoms with Crippen molar-refractivity contribution in [1.29, 1.82) is 0 Å². The first kappa shape index (κ1) is 16.5. The third kappa shape index (κ3) is 3.15. The number of pyridine rings is 1. The average molecular weight is 432 g/mol.